The largest absolute Gasteiger partial charge is 0.507 e. The van der Waals surface area contributed by atoms with Crippen molar-refractivity contribution in [1.29, 1.82) is 0 Å². The van der Waals surface area contributed by atoms with Crippen molar-refractivity contribution in [2.24, 2.45) is 5.73 Å². The van der Waals surface area contributed by atoms with Gasteiger partial charge in [0, 0.05) is 18.8 Å². The zero-order chi connectivity index (χ0) is 17.4. The van der Waals surface area contributed by atoms with Crippen LogP contribution in [0.5, 0.6) is 5.75 Å². The van der Waals surface area contributed by atoms with E-state index < -0.39 is 12.0 Å². The maximum atomic E-state index is 11.2. The first-order chi connectivity index (χ1) is 11.6. The molecule has 0 aromatic heterocycles. The molecule has 0 radical (unpaired) electrons. The van der Waals surface area contributed by atoms with Gasteiger partial charge >= 0.3 is 0 Å². The second-order valence-electron chi connectivity index (χ2n) is 5.51. The summed E-state index contributed by atoms with van der Waals surface area (Å²) in [6.07, 6.45) is 0.134. The molecule has 0 saturated carbocycles. The number of phenols is 1. The van der Waals surface area contributed by atoms with E-state index in [9.17, 15) is 15.0 Å². The predicted octanol–water partition coefficient (Wildman–Crippen LogP) is 1.62. The smallest absolute Gasteiger partial charge is 0.252 e. The first-order valence-corrected chi connectivity index (χ1v) is 7.88. The molecule has 2 aromatic rings. The summed E-state index contributed by atoms with van der Waals surface area (Å²) in [4.78, 5) is 11.2. The summed E-state index contributed by atoms with van der Waals surface area (Å²) in [6, 6.07) is 14.3. The highest BCUT2D eigenvalue weighted by atomic mass is 16.3. The molecular formula is C18H23N3O3. The summed E-state index contributed by atoms with van der Waals surface area (Å²) < 4.78 is 0. The molecule has 2 aromatic carbocycles. The number of primary amides is 1. The molecule has 24 heavy (non-hydrogen) atoms. The van der Waals surface area contributed by atoms with Gasteiger partial charge in [0.1, 0.15) is 5.75 Å². The average Bonchev–Trinajstić information content (AvgIpc) is 2.58. The molecule has 0 bridgehead atoms. The van der Waals surface area contributed by atoms with Gasteiger partial charge in [0.2, 0.25) is 0 Å². The van der Waals surface area contributed by atoms with E-state index in [-0.39, 0.29) is 11.3 Å². The van der Waals surface area contributed by atoms with Crippen molar-refractivity contribution >= 4 is 11.6 Å². The van der Waals surface area contributed by atoms with Gasteiger partial charge in [0.25, 0.3) is 5.91 Å². The highest BCUT2D eigenvalue weighted by Crippen LogP contribution is 2.21. The van der Waals surface area contributed by atoms with Gasteiger partial charge in [0.15, 0.2) is 0 Å². The molecule has 0 spiro atoms. The minimum absolute atomic E-state index is 0.0126. The van der Waals surface area contributed by atoms with Gasteiger partial charge in [-0.25, -0.2) is 0 Å². The van der Waals surface area contributed by atoms with Crippen LogP contribution >= 0.6 is 0 Å². The Labute approximate surface area is 141 Å². The number of hydrogen-bond donors (Lipinski definition) is 5. The molecule has 0 aliphatic carbocycles. The Bertz CT molecular complexity index is 662. The van der Waals surface area contributed by atoms with E-state index in [1.54, 1.807) is 6.07 Å². The van der Waals surface area contributed by atoms with Crippen molar-refractivity contribution < 1.29 is 15.0 Å². The third-order valence-corrected chi connectivity index (χ3v) is 3.64. The normalized spacial score (nSPS) is 11.9. The minimum atomic E-state index is -0.772. The van der Waals surface area contributed by atoms with Crippen molar-refractivity contribution in [3.63, 3.8) is 0 Å². The number of benzene rings is 2. The van der Waals surface area contributed by atoms with E-state index in [0.717, 1.165) is 25.2 Å². The third-order valence-electron chi connectivity index (χ3n) is 3.64. The molecule has 0 fully saturated rings. The zero-order valence-corrected chi connectivity index (χ0v) is 13.4. The summed E-state index contributed by atoms with van der Waals surface area (Å²) in [5.74, 6) is -0.903. The van der Waals surface area contributed by atoms with Gasteiger partial charge in [-0.1, -0.05) is 24.3 Å². The first kappa shape index (κ1) is 17.8. The molecule has 1 unspecified atom stereocenters. The van der Waals surface area contributed by atoms with Crippen LogP contribution < -0.4 is 16.4 Å². The predicted molar refractivity (Wildman–Crippen MR) is 94.0 cm³/mol. The third kappa shape index (κ3) is 5.26. The van der Waals surface area contributed by atoms with Crippen LogP contribution in [0, 0.1) is 0 Å². The Morgan fingerprint density at radius 1 is 1.12 bits per heavy atom. The number of anilines is 1. The topological polar surface area (TPSA) is 108 Å². The molecule has 2 rings (SSSR count). The lowest BCUT2D eigenvalue weighted by Gasteiger charge is -2.14. The first-order valence-electron chi connectivity index (χ1n) is 7.88. The fourth-order valence-electron chi connectivity index (χ4n) is 2.32. The maximum Gasteiger partial charge on any atom is 0.252 e. The molecule has 0 saturated heterocycles. The van der Waals surface area contributed by atoms with Crippen LogP contribution in [0.2, 0.25) is 0 Å². The lowest BCUT2D eigenvalue weighted by molar-refractivity contribution is 0.0997. The Kier molecular flexibility index (Phi) is 6.60. The van der Waals surface area contributed by atoms with Gasteiger partial charge in [-0.3, -0.25) is 4.79 Å². The van der Waals surface area contributed by atoms with E-state index in [1.165, 1.54) is 12.1 Å². The van der Waals surface area contributed by atoms with Crippen LogP contribution in [0.15, 0.2) is 48.5 Å². The van der Waals surface area contributed by atoms with Crippen LogP contribution in [-0.4, -0.2) is 35.8 Å². The summed E-state index contributed by atoms with van der Waals surface area (Å²) in [5.41, 5.74) is 6.82. The van der Waals surface area contributed by atoms with Crippen LogP contribution in [0.25, 0.3) is 0 Å². The Hall–Kier alpha value is -2.57. The van der Waals surface area contributed by atoms with Gasteiger partial charge in [-0.05, 0) is 42.8 Å². The number of carbonyl (C=O) groups is 1. The maximum absolute atomic E-state index is 11.2. The van der Waals surface area contributed by atoms with Crippen LogP contribution in [0.1, 0.15) is 28.4 Å². The second kappa shape index (κ2) is 8.90. The number of rotatable bonds is 9. The SMILES string of the molecule is NC(=O)c1cc(C(O)CNCCCNc2ccccc2)ccc1O. The van der Waals surface area contributed by atoms with Gasteiger partial charge < -0.3 is 26.6 Å². The Balaban J connectivity index is 1.70. The van der Waals surface area contributed by atoms with Crippen molar-refractivity contribution in [3.05, 3.63) is 59.7 Å². The number of carbonyl (C=O) groups excluding carboxylic acids is 1. The number of aliphatic hydroxyl groups excluding tert-OH is 1. The molecule has 1 amide bonds. The number of hydrogen-bond acceptors (Lipinski definition) is 5. The van der Waals surface area contributed by atoms with Crippen LogP contribution in [0.4, 0.5) is 5.69 Å². The number of nitrogens with two attached hydrogens (primary N) is 1. The van der Waals surface area contributed by atoms with Crippen molar-refractivity contribution in [2.45, 2.75) is 12.5 Å². The van der Waals surface area contributed by atoms with Crippen molar-refractivity contribution in [1.82, 2.24) is 5.32 Å². The summed E-state index contributed by atoms with van der Waals surface area (Å²) in [7, 11) is 0. The molecule has 6 nitrogen and oxygen atoms in total. The average molecular weight is 329 g/mol. The number of aromatic hydroxyl groups is 1. The molecule has 0 heterocycles. The van der Waals surface area contributed by atoms with Gasteiger partial charge in [0.05, 0.1) is 11.7 Å². The molecule has 0 aliphatic rings. The number of nitrogens with one attached hydrogen (secondary N) is 2. The molecule has 128 valence electrons. The molecule has 0 aliphatic heterocycles. The highest BCUT2D eigenvalue weighted by molar-refractivity contribution is 5.95. The minimum Gasteiger partial charge on any atom is -0.507 e. The Morgan fingerprint density at radius 3 is 2.58 bits per heavy atom. The van der Waals surface area contributed by atoms with Gasteiger partial charge in [-0.15, -0.1) is 0 Å². The Morgan fingerprint density at radius 2 is 1.88 bits per heavy atom. The standard InChI is InChI=1S/C18H23N3O3/c19-18(24)15-11-13(7-8-16(15)22)17(23)12-20-9-4-10-21-14-5-2-1-3-6-14/h1-3,5-8,11,17,20-23H,4,9-10,12H2,(H2,19,24). The number of aliphatic hydroxyl groups is 1. The fraction of sp³-hybridized carbons (Fsp3) is 0.278. The fourth-order valence-corrected chi connectivity index (χ4v) is 2.32. The quantitative estimate of drug-likeness (QED) is 0.449. The summed E-state index contributed by atoms with van der Waals surface area (Å²) in [5, 5.41) is 26.2. The number of para-hydroxylation sites is 1. The van der Waals surface area contributed by atoms with Crippen molar-refractivity contribution in [3.8, 4) is 5.75 Å². The monoisotopic (exact) mass is 329 g/mol. The summed E-state index contributed by atoms with van der Waals surface area (Å²) >= 11 is 0. The molecule has 6 heteroatoms. The molecular weight excluding hydrogens is 306 g/mol. The lowest BCUT2D eigenvalue weighted by Crippen LogP contribution is -2.24. The van der Waals surface area contributed by atoms with Gasteiger partial charge in [-0.2, -0.15) is 0 Å². The van der Waals surface area contributed by atoms with Crippen LogP contribution in [0.3, 0.4) is 0 Å². The van der Waals surface area contributed by atoms with Crippen molar-refractivity contribution in [2.75, 3.05) is 25.0 Å². The lowest BCUT2D eigenvalue weighted by atomic mass is 10.0. The van der Waals surface area contributed by atoms with E-state index in [1.807, 2.05) is 30.3 Å². The highest BCUT2D eigenvalue weighted by Gasteiger charge is 2.13. The van der Waals surface area contributed by atoms with E-state index >= 15 is 0 Å². The molecule has 6 N–H and O–H groups in total. The molecule has 1 atom stereocenters. The number of amides is 1. The van der Waals surface area contributed by atoms with E-state index in [2.05, 4.69) is 10.6 Å². The van der Waals surface area contributed by atoms with Crippen LogP contribution in [-0.2, 0) is 0 Å². The second-order valence-corrected chi connectivity index (χ2v) is 5.51. The van der Waals surface area contributed by atoms with E-state index in [4.69, 9.17) is 5.73 Å². The van der Waals surface area contributed by atoms with E-state index in [0.29, 0.717) is 12.1 Å². The summed E-state index contributed by atoms with van der Waals surface area (Å²) in [6.45, 7) is 1.93. The zero-order valence-electron chi connectivity index (χ0n) is 13.4.